The highest BCUT2D eigenvalue weighted by molar-refractivity contribution is 7.12. The molecule has 0 unspecified atom stereocenters. The minimum Gasteiger partial charge on any atom is -0.465 e. The molecule has 0 aliphatic heterocycles. The molecule has 0 radical (unpaired) electrons. The van der Waals surface area contributed by atoms with Crippen LogP contribution in [0.15, 0.2) is 63.5 Å². The third kappa shape index (κ3) is 6.68. The number of nitrogens with zero attached hydrogens (tertiary/aromatic N) is 1. The summed E-state index contributed by atoms with van der Waals surface area (Å²) in [5.41, 5.74) is 0.930. The molecule has 2 aromatic heterocycles. The van der Waals surface area contributed by atoms with Crippen molar-refractivity contribution in [1.82, 2.24) is 0 Å². The molecule has 0 amide bonds. The lowest BCUT2D eigenvalue weighted by molar-refractivity contribution is 0.102. The zero-order chi connectivity index (χ0) is 15.5. The van der Waals surface area contributed by atoms with E-state index in [1.165, 1.54) is 11.3 Å². The van der Waals surface area contributed by atoms with Gasteiger partial charge in [0.1, 0.15) is 5.76 Å². The van der Waals surface area contributed by atoms with Crippen LogP contribution in [0.1, 0.15) is 29.3 Å². The summed E-state index contributed by atoms with van der Waals surface area (Å²) < 4.78 is 5.14. The summed E-state index contributed by atoms with van der Waals surface area (Å²) >= 11 is 1.48. The summed E-state index contributed by atoms with van der Waals surface area (Å²) in [6.07, 6.45) is 9.35. The minimum atomic E-state index is 0.153. The van der Waals surface area contributed by atoms with E-state index in [1.807, 2.05) is 60.9 Å². The zero-order valence-electron chi connectivity index (χ0n) is 12.4. The molecular weight excluding hydrogens is 282 g/mol. The highest BCUT2D eigenvalue weighted by atomic mass is 32.1. The van der Waals surface area contributed by atoms with Gasteiger partial charge in [0.2, 0.25) is 0 Å². The highest BCUT2D eigenvalue weighted by Gasteiger charge is 1.95. The minimum absolute atomic E-state index is 0.153. The van der Waals surface area contributed by atoms with E-state index in [4.69, 9.17) is 4.42 Å². The fraction of sp³-hybridized carbons (Fsp3) is 0.176. The van der Waals surface area contributed by atoms with E-state index in [0.717, 1.165) is 16.3 Å². The summed E-state index contributed by atoms with van der Waals surface area (Å²) in [4.78, 5) is 15.4. The number of aliphatic imine (C=N–C) groups is 1. The number of allylic oxidation sites excluding steroid dienone is 3. The Morgan fingerprint density at radius 1 is 1.29 bits per heavy atom. The van der Waals surface area contributed by atoms with Gasteiger partial charge >= 0.3 is 0 Å². The molecule has 0 spiro atoms. The van der Waals surface area contributed by atoms with Crippen molar-refractivity contribution in [3.63, 3.8) is 0 Å². The van der Waals surface area contributed by atoms with Gasteiger partial charge in [0.05, 0.1) is 16.9 Å². The summed E-state index contributed by atoms with van der Waals surface area (Å²) in [5.74, 6) is 0.991. The maximum Gasteiger partial charge on any atom is 0.169 e. The van der Waals surface area contributed by atoms with Crippen molar-refractivity contribution in [3.8, 4) is 0 Å². The molecule has 0 bridgehead atoms. The Labute approximate surface area is 129 Å². The largest absolute Gasteiger partial charge is 0.465 e. The molecule has 0 saturated heterocycles. The van der Waals surface area contributed by atoms with Gasteiger partial charge in [-0.2, -0.15) is 0 Å². The van der Waals surface area contributed by atoms with Crippen LogP contribution in [-0.4, -0.2) is 18.5 Å². The maximum atomic E-state index is 10.5. The molecule has 0 aromatic carbocycles. The number of hydrogen-bond donors (Lipinski definition) is 0. The first-order valence-electron chi connectivity index (χ1n) is 6.53. The fourth-order valence-electron chi connectivity index (χ4n) is 1.41. The molecule has 0 aliphatic rings. The number of Topliss-reactive ketones (excluding diaryl/α,β-unsaturated/α-hetero) is 1. The standard InChI is InChI=1S/C11H13NO.C6H6OS/c1-3-5-10(12-2)7-8-11-6-4-9-13-11;1-5(7)6-3-2-4-8-6/h3-9H,1-2H3;2-4H,1H3/b5-3-,8-7+,12-10?;. The van der Waals surface area contributed by atoms with Crippen LogP contribution in [-0.2, 0) is 0 Å². The predicted molar refractivity (Wildman–Crippen MR) is 90.2 cm³/mol. The topological polar surface area (TPSA) is 42.6 Å². The molecule has 2 rings (SSSR count). The van der Waals surface area contributed by atoms with E-state index < -0.39 is 0 Å². The van der Waals surface area contributed by atoms with Crippen LogP contribution in [0, 0.1) is 0 Å². The number of furan rings is 1. The Kier molecular flexibility index (Phi) is 7.76. The van der Waals surface area contributed by atoms with Gasteiger partial charge in [-0.1, -0.05) is 12.1 Å². The summed E-state index contributed by atoms with van der Waals surface area (Å²) in [7, 11) is 1.77. The molecule has 21 heavy (non-hydrogen) atoms. The van der Waals surface area contributed by atoms with Gasteiger partial charge in [-0.05, 0) is 55.7 Å². The van der Waals surface area contributed by atoms with Gasteiger partial charge in [0.15, 0.2) is 5.78 Å². The van der Waals surface area contributed by atoms with E-state index in [2.05, 4.69) is 4.99 Å². The molecule has 0 atom stereocenters. The first-order chi connectivity index (χ1) is 10.2. The Hall–Kier alpha value is -2.20. The summed E-state index contributed by atoms with van der Waals surface area (Å²) in [6.45, 7) is 3.54. The predicted octanol–water partition coefficient (Wildman–Crippen LogP) is 4.89. The van der Waals surface area contributed by atoms with E-state index in [9.17, 15) is 4.79 Å². The molecule has 0 N–H and O–H groups in total. The number of hydrogen-bond acceptors (Lipinski definition) is 4. The second kappa shape index (κ2) is 9.66. The van der Waals surface area contributed by atoms with Gasteiger partial charge in [-0.15, -0.1) is 11.3 Å². The lowest BCUT2D eigenvalue weighted by atomic mass is 10.3. The van der Waals surface area contributed by atoms with Crippen LogP contribution in [0.3, 0.4) is 0 Å². The molecule has 2 aromatic rings. The number of carbonyl (C=O) groups is 1. The van der Waals surface area contributed by atoms with Crippen molar-refractivity contribution >= 4 is 28.9 Å². The van der Waals surface area contributed by atoms with Crippen LogP contribution in [0.2, 0.25) is 0 Å². The van der Waals surface area contributed by atoms with Crippen LogP contribution in [0.25, 0.3) is 6.08 Å². The Morgan fingerprint density at radius 3 is 2.52 bits per heavy atom. The maximum absolute atomic E-state index is 10.5. The number of ketones is 1. The van der Waals surface area contributed by atoms with Gasteiger partial charge in [-0.3, -0.25) is 9.79 Å². The fourth-order valence-corrected chi connectivity index (χ4v) is 2.03. The van der Waals surface area contributed by atoms with Crippen molar-refractivity contribution in [2.24, 2.45) is 4.99 Å². The van der Waals surface area contributed by atoms with Crippen molar-refractivity contribution in [2.45, 2.75) is 13.8 Å². The second-order valence-corrected chi connectivity index (χ2v) is 4.98. The van der Waals surface area contributed by atoms with E-state index >= 15 is 0 Å². The average molecular weight is 301 g/mol. The first kappa shape index (κ1) is 16.9. The van der Waals surface area contributed by atoms with Gasteiger partial charge in [0.25, 0.3) is 0 Å². The van der Waals surface area contributed by atoms with Crippen molar-refractivity contribution in [2.75, 3.05) is 7.05 Å². The molecule has 0 aliphatic carbocycles. The van der Waals surface area contributed by atoms with Crippen LogP contribution >= 0.6 is 11.3 Å². The quantitative estimate of drug-likeness (QED) is 0.596. The second-order valence-electron chi connectivity index (χ2n) is 4.03. The third-order valence-electron chi connectivity index (χ3n) is 2.43. The lowest BCUT2D eigenvalue weighted by Gasteiger charge is -1.88. The smallest absolute Gasteiger partial charge is 0.169 e. The van der Waals surface area contributed by atoms with Crippen molar-refractivity contribution in [3.05, 3.63) is 64.8 Å². The monoisotopic (exact) mass is 301 g/mol. The molecule has 0 fully saturated rings. The Morgan fingerprint density at radius 2 is 2.10 bits per heavy atom. The molecule has 110 valence electrons. The van der Waals surface area contributed by atoms with Gasteiger partial charge < -0.3 is 4.42 Å². The van der Waals surface area contributed by atoms with Crippen molar-refractivity contribution in [1.29, 1.82) is 0 Å². The molecule has 0 saturated carbocycles. The van der Waals surface area contributed by atoms with Gasteiger partial charge in [0, 0.05) is 7.05 Å². The highest BCUT2D eigenvalue weighted by Crippen LogP contribution is 2.07. The van der Waals surface area contributed by atoms with Crippen LogP contribution in [0.4, 0.5) is 0 Å². The molecule has 2 heterocycles. The van der Waals surface area contributed by atoms with E-state index in [-0.39, 0.29) is 5.78 Å². The summed E-state index contributed by atoms with van der Waals surface area (Å²) in [5, 5.41) is 1.90. The zero-order valence-corrected chi connectivity index (χ0v) is 13.3. The van der Waals surface area contributed by atoms with E-state index in [1.54, 1.807) is 20.2 Å². The molecule has 3 nitrogen and oxygen atoms in total. The van der Waals surface area contributed by atoms with Crippen LogP contribution in [0.5, 0.6) is 0 Å². The van der Waals surface area contributed by atoms with Crippen LogP contribution < -0.4 is 0 Å². The average Bonchev–Trinajstić information content (AvgIpc) is 3.16. The normalized spacial score (nSPS) is 11.7. The lowest BCUT2D eigenvalue weighted by Crippen LogP contribution is -1.85. The third-order valence-corrected chi connectivity index (χ3v) is 3.40. The Balaban J connectivity index is 0.000000235. The summed E-state index contributed by atoms with van der Waals surface area (Å²) in [6, 6.07) is 7.46. The number of carbonyl (C=O) groups excluding carboxylic acids is 1. The number of thiophene rings is 1. The van der Waals surface area contributed by atoms with E-state index in [0.29, 0.717) is 0 Å². The molecular formula is C17H19NO2S. The van der Waals surface area contributed by atoms with Gasteiger partial charge in [-0.25, -0.2) is 0 Å². The number of rotatable bonds is 4. The Bertz CT molecular complexity index is 605. The SMILES string of the molecule is C/C=C\C(/C=C/c1ccco1)=NC.CC(=O)c1cccs1. The molecule has 4 heteroatoms. The first-order valence-corrected chi connectivity index (χ1v) is 7.40. The van der Waals surface area contributed by atoms with Crippen molar-refractivity contribution < 1.29 is 9.21 Å².